The van der Waals surface area contributed by atoms with E-state index in [1.165, 1.54) is 11.1 Å². The lowest BCUT2D eigenvalue weighted by Crippen LogP contribution is -2.46. The first-order valence-electron chi connectivity index (χ1n) is 2.97. The van der Waals surface area contributed by atoms with E-state index in [2.05, 4.69) is 11.9 Å². The minimum Gasteiger partial charge on any atom is -0.301 e. The molecular formula is C6H8N2O2. The molecule has 0 bridgehead atoms. The van der Waals surface area contributed by atoms with Gasteiger partial charge in [0.1, 0.15) is 0 Å². The summed E-state index contributed by atoms with van der Waals surface area (Å²) in [5, 5.41) is 2.16. The van der Waals surface area contributed by atoms with Crippen molar-refractivity contribution in [3.8, 4) is 0 Å². The number of hydrogen-bond donors (Lipinski definition) is 1. The molecule has 0 atom stereocenters. The molecule has 0 aromatic heterocycles. The molecule has 1 saturated heterocycles. The molecule has 1 N–H and O–H groups in total. The SMILES string of the molecule is C=CN1CCC(=O)NC1=O. The zero-order chi connectivity index (χ0) is 7.56. The molecular weight excluding hydrogens is 132 g/mol. The van der Waals surface area contributed by atoms with Gasteiger partial charge in [0.15, 0.2) is 0 Å². The van der Waals surface area contributed by atoms with Crippen molar-refractivity contribution in [3.63, 3.8) is 0 Å². The zero-order valence-electron chi connectivity index (χ0n) is 5.46. The Morgan fingerprint density at radius 1 is 1.60 bits per heavy atom. The summed E-state index contributed by atoms with van der Waals surface area (Å²) in [6.07, 6.45) is 1.76. The van der Waals surface area contributed by atoms with Crippen LogP contribution in [0.1, 0.15) is 6.42 Å². The van der Waals surface area contributed by atoms with E-state index in [9.17, 15) is 9.59 Å². The van der Waals surface area contributed by atoms with Crippen molar-refractivity contribution in [1.82, 2.24) is 10.2 Å². The second kappa shape index (κ2) is 2.51. The third kappa shape index (κ3) is 1.15. The highest BCUT2D eigenvalue weighted by Crippen LogP contribution is 1.98. The molecule has 1 rings (SSSR count). The van der Waals surface area contributed by atoms with Crippen molar-refractivity contribution in [2.75, 3.05) is 6.54 Å². The number of hydrogen-bond acceptors (Lipinski definition) is 2. The lowest BCUT2D eigenvalue weighted by molar-refractivity contribution is -0.121. The van der Waals surface area contributed by atoms with Gasteiger partial charge in [0.05, 0.1) is 0 Å². The quantitative estimate of drug-likeness (QED) is 0.560. The molecule has 0 spiro atoms. The summed E-state index contributed by atoms with van der Waals surface area (Å²) >= 11 is 0. The van der Waals surface area contributed by atoms with Crippen LogP contribution in [0.3, 0.4) is 0 Å². The average molecular weight is 140 g/mol. The molecule has 1 fully saturated rings. The lowest BCUT2D eigenvalue weighted by atomic mass is 10.3. The molecule has 10 heavy (non-hydrogen) atoms. The van der Waals surface area contributed by atoms with Gasteiger partial charge in [-0.1, -0.05) is 6.58 Å². The summed E-state index contributed by atoms with van der Waals surface area (Å²) in [6, 6.07) is -0.383. The summed E-state index contributed by atoms with van der Waals surface area (Å²) in [4.78, 5) is 22.7. The van der Waals surface area contributed by atoms with Crippen LogP contribution in [0, 0.1) is 0 Å². The molecule has 3 amide bonds. The number of nitrogens with zero attached hydrogens (tertiary/aromatic N) is 1. The largest absolute Gasteiger partial charge is 0.328 e. The Labute approximate surface area is 58.5 Å². The number of imide groups is 1. The number of nitrogens with one attached hydrogen (secondary N) is 1. The lowest BCUT2D eigenvalue weighted by Gasteiger charge is -2.21. The summed E-state index contributed by atoms with van der Waals surface area (Å²) in [5.41, 5.74) is 0. The highest BCUT2D eigenvalue weighted by atomic mass is 16.2. The van der Waals surface area contributed by atoms with Crippen LogP contribution in [-0.4, -0.2) is 23.4 Å². The predicted molar refractivity (Wildman–Crippen MR) is 35.1 cm³/mol. The normalized spacial score (nSPS) is 18.6. The van der Waals surface area contributed by atoms with E-state index in [-0.39, 0.29) is 11.9 Å². The van der Waals surface area contributed by atoms with Gasteiger partial charge in [0.25, 0.3) is 0 Å². The van der Waals surface area contributed by atoms with Crippen LogP contribution in [0.2, 0.25) is 0 Å². The third-order valence-electron chi connectivity index (χ3n) is 1.31. The summed E-state index contributed by atoms with van der Waals surface area (Å²) < 4.78 is 0. The van der Waals surface area contributed by atoms with Gasteiger partial charge in [-0.05, 0) is 0 Å². The second-order valence-electron chi connectivity index (χ2n) is 1.98. The van der Waals surface area contributed by atoms with Crippen molar-refractivity contribution in [3.05, 3.63) is 12.8 Å². The molecule has 1 aliphatic heterocycles. The van der Waals surface area contributed by atoms with Crippen LogP contribution in [-0.2, 0) is 4.79 Å². The fraction of sp³-hybridized carbons (Fsp3) is 0.333. The maximum absolute atomic E-state index is 10.8. The first kappa shape index (κ1) is 6.80. The first-order chi connectivity index (χ1) is 4.74. The summed E-state index contributed by atoms with van der Waals surface area (Å²) in [7, 11) is 0. The average Bonchev–Trinajstić information content (AvgIpc) is 1.88. The third-order valence-corrected chi connectivity index (χ3v) is 1.31. The van der Waals surface area contributed by atoms with Crippen molar-refractivity contribution < 1.29 is 9.59 Å². The fourth-order valence-corrected chi connectivity index (χ4v) is 0.751. The highest BCUT2D eigenvalue weighted by Gasteiger charge is 2.19. The maximum Gasteiger partial charge on any atom is 0.328 e. The Balaban J connectivity index is 2.59. The van der Waals surface area contributed by atoms with E-state index in [4.69, 9.17) is 0 Å². The molecule has 0 aromatic rings. The van der Waals surface area contributed by atoms with Gasteiger partial charge in [-0.25, -0.2) is 4.79 Å². The van der Waals surface area contributed by atoms with Gasteiger partial charge in [-0.3, -0.25) is 10.1 Å². The number of rotatable bonds is 1. The Bertz CT molecular complexity index is 188. The van der Waals surface area contributed by atoms with Gasteiger partial charge < -0.3 is 4.90 Å². The summed E-state index contributed by atoms with van der Waals surface area (Å²) in [5.74, 6) is -0.219. The molecule has 1 aliphatic rings. The maximum atomic E-state index is 10.8. The van der Waals surface area contributed by atoms with Crippen molar-refractivity contribution >= 4 is 11.9 Å². The van der Waals surface area contributed by atoms with E-state index >= 15 is 0 Å². The molecule has 0 unspecified atom stereocenters. The number of carbonyl (C=O) groups is 2. The summed E-state index contributed by atoms with van der Waals surface area (Å²) in [6.45, 7) is 3.85. The smallest absolute Gasteiger partial charge is 0.301 e. The van der Waals surface area contributed by atoms with E-state index in [1.54, 1.807) is 0 Å². The van der Waals surface area contributed by atoms with E-state index in [0.29, 0.717) is 13.0 Å². The van der Waals surface area contributed by atoms with Crippen LogP contribution in [0.15, 0.2) is 12.8 Å². The van der Waals surface area contributed by atoms with Crippen LogP contribution < -0.4 is 5.32 Å². The fourth-order valence-electron chi connectivity index (χ4n) is 0.751. The standard InChI is InChI=1S/C6H8N2O2/c1-2-8-4-3-5(9)7-6(8)10/h2H,1,3-4H2,(H,7,9,10). The van der Waals surface area contributed by atoms with Gasteiger partial charge >= 0.3 is 6.03 Å². The molecule has 0 aliphatic carbocycles. The molecule has 54 valence electrons. The molecule has 1 heterocycles. The number of carbonyl (C=O) groups excluding carboxylic acids is 2. The second-order valence-corrected chi connectivity index (χ2v) is 1.98. The van der Waals surface area contributed by atoms with E-state index in [0.717, 1.165) is 0 Å². The molecule has 4 nitrogen and oxygen atoms in total. The minimum absolute atomic E-state index is 0.219. The van der Waals surface area contributed by atoms with Crippen molar-refractivity contribution in [1.29, 1.82) is 0 Å². The number of urea groups is 1. The molecule has 0 aromatic carbocycles. The zero-order valence-corrected chi connectivity index (χ0v) is 5.46. The van der Waals surface area contributed by atoms with E-state index < -0.39 is 0 Å². The molecule has 4 heteroatoms. The highest BCUT2D eigenvalue weighted by molar-refractivity contribution is 5.96. The van der Waals surface area contributed by atoms with E-state index in [1.807, 2.05) is 0 Å². The first-order valence-corrected chi connectivity index (χ1v) is 2.97. The van der Waals surface area contributed by atoms with Crippen LogP contribution in [0.4, 0.5) is 4.79 Å². The van der Waals surface area contributed by atoms with Crippen molar-refractivity contribution in [2.24, 2.45) is 0 Å². The van der Waals surface area contributed by atoms with Crippen LogP contribution >= 0.6 is 0 Å². The topological polar surface area (TPSA) is 49.4 Å². The van der Waals surface area contributed by atoms with Gasteiger partial charge in [-0.15, -0.1) is 0 Å². The molecule has 0 saturated carbocycles. The van der Waals surface area contributed by atoms with Gasteiger partial charge in [0, 0.05) is 19.2 Å². The van der Waals surface area contributed by atoms with Crippen molar-refractivity contribution in [2.45, 2.75) is 6.42 Å². The minimum atomic E-state index is -0.383. The van der Waals surface area contributed by atoms with Crippen LogP contribution in [0.5, 0.6) is 0 Å². The Kier molecular flexibility index (Phi) is 1.71. The van der Waals surface area contributed by atoms with Crippen LogP contribution in [0.25, 0.3) is 0 Å². The predicted octanol–water partition coefficient (Wildman–Crippen LogP) is 0.0718. The molecule has 0 radical (unpaired) electrons. The van der Waals surface area contributed by atoms with Gasteiger partial charge in [0.2, 0.25) is 5.91 Å². The van der Waals surface area contributed by atoms with Gasteiger partial charge in [-0.2, -0.15) is 0 Å². The Morgan fingerprint density at radius 3 is 2.80 bits per heavy atom. The Morgan fingerprint density at radius 2 is 2.30 bits per heavy atom. The number of amides is 3. The Hall–Kier alpha value is -1.32. The monoisotopic (exact) mass is 140 g/mol.